The molecule has 5 nitrogen and oxygen atoms in total. The number of para-hydroxylation sites is 1. The summed E-state index contributed by atoms with van der Waals surface area (Å²) in [5.41, 5.74) is 1.44. The number of aliphatic imine (C=N–C) groups is 1. The minimum absolute atomic E-state index is 0.219. The molecule has 26 heavy (non-hydrogen) atoms. The normalized spacial score (nSPS) is 17.2. The summed E-state index contributed by atoms with van der Waals surface area (Å²) >= 11 is 1.10. The molecule has 1 saturated heterocycles. The van der Waals surface area contributed by atoms with Crippen molar-refractivity contribution in [3.8, 4) is 0 Å². The van der Waals surface area contributed by atoms with Crippen LogP contribution in [0.25, 0.3) is 0 Å². The minimum atomic E-state index is -0.608. The number of hydrogen-bond acceptors (Lipinski definition) is 5. The Hall–Kier alpha value is -2.93. The van der Waals surface area contributed by atoms with Gasteiger partial charge in [0.05, 0.1) is 24.2 Å². The summed E-state index contributed by atoms with van der Waals surface area (Å²) in [7, 11) is 1.25. The van der Waals surface area contributed by atoms with Crippen LogP contribution in [0.15, 0.2) is 70.6 Å². The van der Waals surface area contributed by atoms with Crippen molar-refractivity contribution >= 4 is 34.5 Å². The fraction of sp³-hybridized carbons (Fsp3) is 0.105. The van der Waals surface area contributed by atoms with Crippen LogP contribution in [0, 0.1) is 5.82 Å². The average molecular weight is 370 g/mol. The number of thioether (sulfide) groups is 1. The van der Waals surface area contributed by atoms with E-state index in [1.165, 1.54) is 24.1 Å². The molecule has 7 heteroatoms. The van der Waals surface area contributed by atoms with Crippen molar-refractivity contribution in [1.82, 2.24) is 4.90 Å². The standard InChI is InChI=1S/C19H15FN2O3S/c1-25-17(23)11-16-18(24)22(12-13-7-9-14(20)10-8-13)19(26-16)21-15-5-3-2-4-6-15/h2-11H,12H2,1H3. The van der Waals surface area contributed by atoms with Crippen LogP contribution in [-0.4, -0.2) is 29.1 Å². The van der Waals surface area contributed by atoms with Crippen molar-refractivity contribution in [3.05, 3.63) is 77.0 Å². The third-order valence-electron chi connectivity index (χ3n) is 3.57. The quantitative estimate of drug-likeness (QED) is 0.609. The van der Waals surface area contributed by atoms with Gasteiger partial charge in [0, 0.05) is 6.08 Å². The molecule has 0 saturated carbocycles. The van der Waals surface area contributed by atoms with Crippen molar-refractivity contribution in [2.45, 2.75) is 6.54 Å². The van der Waals surface area contributed by atoms with Gasteiger partial charge in [-0.1, -0.05) is 30.3 Å². The maximum atomic E-state index is 13.1. The van der Waals surface area contributed by atoms with Gasteiger partial charge < -0.3 is 4.74 Å². The number of rotatable bonds is 4. The lowest BCUT2D eigenvalue weighted by molar-refractivity contribution is -0.135. The van der Waals surface area contributed by atoms with Gasteiger partial charge in [-0.15, -0.1) is 0 Å². The van der Waals surface area contributed by atoms with E-state index >= 15 is 0 Å². The molecule has 2 aromatic rings. The zero-order valence-electron chi connectivity index (χ0n) is 13.9. The Morgan fingerprint density at radius 3 is 2.54 bits per heavy atom. The monoisotopic (exact) mass is 370 g/mol. The maximum absolute atomic E-state index is 13.1. The summed E-state index contributed by atoms with van der Waals surface area (Å²) in [6.07, 6.45) is 1.15. The number of ether oxygens (including phenoxy) is 1. The number of nitrogens with zero attached hydrogens (tertiary/aromatic N) is 2. The number of amidine groups is 1. The van der Waals surface area contributed by atoms with Gasteiger partial charge in [-0.2, -0.15) is 0 Å². The third kappa shape index (κ3) is 4.18. The molecule has 1 amide bonds. The molecule has 1 heterocycles. The first-order valence-electron chi connectivity index (χ1n) is 7.74. The zero-order chi connectivity index (χ0) is 18.5. The van der Waals surface area contributed by atoms with E-state index < -0.39 is 5.97 Å². The van der Waals surface area contributed by atoms with Gasteiger partial charge in [0.1, 0.15) is 5.82 Å². The van der Waals surface area contributed by atoms with Crippen molar-refractivity contribution in [2.75, 3.05) is 7.11 Å². The lowest BCUT2D eigenvalue weighted by Crippen LogP contribution is -2.28. The summed E-state index contributed by atoms with van der Waals surface area (Å²) in [4.78, 5) is 30.4. The van der Waals surface area contributed by atoms with Crippen LogP contribution < -0.4 is 0 Å². The van der Waals surface area contributed by atoms with Crippen LogP contribution in [0.3, 0.4) is 0 Å². The number of carbonyl (C=O) groups is 2. The summed E-state index contributed by atoms with van der Waals surface area (Å²) in [5, 5.41) is 0.445. The van der Waals surface area contributed by atoms with Crippen LogP contribution in [0.5, 0.6) is 0 Å². The number of methoxy groups -OCH3 is 1. The molecule has 0 bridgehead atoms. The van der Waals surface area contributed by atoms with E-state index in [2.05, 4.69) is 9.73 Å². The number of amides is 1. The molecule has 1 aliphatic heterocycles. The Balaban J connectivity index is 1.94. The molecule has 0 unspecified atom stereocenters. The Labute approximate surface area is 154 Å². The molecule has 0 N–H and O–H groups in total. The SMILES string of the molecule is COC(=O)C=C1SC(=Nc2ccccc2)N(Cc2ccc(F)cc2)C1=O. The van der Waals surface area contributed by atoms with Crippen LogP contribution in [0.2, 0.25) is 0 Å². The number of carbonyl (C=O) groups excluding carboxylic acids is 2. The number of benzene rings is 2. The Bertz CT molecular complexity index is 879. The second-order valence-electron chi connectivity index (χ2n) is 5.38. The number of esters is 1. The summed E-state index contributed by atoms with van der Waals surface area (Å²) < 4.78 is 17.7. The van der Waals surface area contributed by atoms with E-state index in [1.807, 2.05) is 30.3 Å². The molecule has 0 spiro atoms. The molecule has 0 atom stereocenters. The van der Waals surface area contributed by atoms with E-state index in [-0.39, 0.29) is 23.2 Å². The fourth-order valence-corrected chi connectivity index (χ4v) is 3.24. The topological polar surface area (TPSA) is 59.0 Å². The van der Waals surface area contributed by atoms with Gasteiger partial charge in [0.25, 0.3) is 5.91 Å². The Kier molecular flexibility index (Phi) is 5.48. The largest absolute Gasteiger partial charge is 0.466 e. The van der Waals surface area contributed by atoms with E-state index in [1.54, 1.807) is 12.1 Å². The summed E-state index contributed by atoms with van der Waals surface area (Å²) in [5.74, 6) is -1.30. The van der Waals surface area contributed by atoms with Gasteiger partial charge in [-0.3, -0.25) is 9.69 Å². The molecule has 0 aliphatic carbocycles. The first-order valence-corrected chi connectivity index (χ1v) is 8.56. The molecule has 132 valence electrons. The molecule has 2 aromatic carbocycles. The highest BCUT2D eigenvalue weighted by atomic mass is 32.2. The van der Waals surface area contributed by atoms with Crippen molar-refractivity contribution in [3.63, 3.8) is 0 Å². The molecule has 1 aliphatic rings. The highest BCUT2D eigenvalue weighted by molar-refractivity contribution is 8.18. The van der Waals surface area contributed by atoms with Crippen LogP contribution >= 0.6 is 11.8 Å². The van der Waals surface area contributed by atoms with Gasteiger partial charge in [-0.25, -0.2) is 14.2 Å². The second-order valence-corrected chi connectivity index (χ2v) is 6.39. The zero-order valence-corrected chi connectivity index (χ0v) is 14.7. The summed E-state index contributed by atoms with van der Waals surface area (Å²) in [6.45, 7) is 0.219. The van der Waals surface area contributed by atoms with Crippen molar-refractivity contribution in [2.24, 2.45) is 4.99 Å². The highest BCUT2D eigenvalue weighted by Gasteiger charge is 2.34. The van der Waals surface area contributed by atoms with Gasteiger partial charge >= 0.3 is 5.97 Å². The number of hydrogen-bond donors (Lipinski definition) is 0. The predicted octanol–water partition coefficient (Wildman–Crippen LogP) is 3.65. The highest BCUT2D eigenvalue weighted by Crippen LogP contribution is 2.33. The first kappa shape index (κ1) is 17.9. The lowest BCUT2D eigenvalue weighted by atomic mass is 10.2. The van der Waals surface area contributed by atoms with Crippen LogP contribution in [0.1, 0.15) is 5.56 Å². The Morgan fingerprint density at radius 2 is 1.88 bits per heavy atom. The molecular formula is C19H15FN2O3S. The van der Waals surface area contributed by atoms with Gasteiger partial charge in [0.15, 0.2) is 5.17 Å². The van der Waals surface area contributed by atoms with Crippen molar-refractivity contribution in [1.29, 1.82) is 0 Å². The number of halogens is 1. The molecule has 0 radical (unpaired) electrons. The maximum Gasteiger partial charge on any atom is 0.331 e. The van der Waals surface area contributed by atoms with Crippen molar-refractivity contribution < 1.29 is 18.7 Å². The smallest absolute Gasteiger partial charge is 0.331 e. The second kappa shape index (κ2) is 7.97. The minimum Gasteiger partial charge on any atom is -0.466 e. The third-order valence-corrected chi connectivity index (χ3v) is 4.58. The molecule has 3 rings (SSSR count). The molecule has 0 aromatic heterocycles. The summed E-state index contributed by atoms with van der Waals surface area (Å²) in [6, 6.07) is 15.1. The van der Waals surface area contributed by atoms with E-state index in [4.69, 9.17) is 0 Å². The Morgan fingerprint density at radius 1 is 1.19 bits per heavy atom. The predicted molar refractivity (Wildman–Crippen MR) is 98.2 cm³/mol. The van der Waals surface area contributed by atoms with Crippen LogP contribution in [0.4, 0.5) is 10.1 Å². The van der Waals surface area contributed by atoms with Gasteiger partial charge in [0.2, 0.25) is 0 Å². The van der Waals surface area contributed by atoms with Gasteiger partial charge in [-0.05, 0) is 41.6 Å². The molecular weight excluding hydrogens is 355 g/mol. The fourth-order valence-electron chi connectivity index (χ4n) is 2.28. The average Bonchev–Trinajstić information content (AvgIpc) is 2.93. The molecule has 1 fully saturated rings. The van der Waals surface area contributed by atoms with E-state index in [0.717, 1.165) is 23.4 Å². The van der Waals surface area contributed by atoms with Crippen LogP contribution in [-0.2, 0) is 20.9 Å². The lowest BCUT2D eigenvalue weighted by Gasteiger charge is -2.15. The first-order chi connectivity index (χ1) is 12.6. The van der Waals surface area contributed by atoms with E-state index in [9.17, 15) is 14.0 Å². The van der Waals surface area contributed by atoms with E-state index in [0.29, 0.717) is 10.9 Å².